The Morgan fingerprint density at radius 3 is 2.70 bits per heavy atom. The van der Waals surface area contributed by atoms with Crippen LogP contribution in [0, 0.1) is 0 Å². The highest BCUT2D eigenvalue weighted by Gasteiger charge is 2.08. The standard InChI is InChI=1S/C13H17BrN2O3S/c1-20-7-3-2-6-15-13(19)16-11-5-4-9(12(17)18)8-10(11)14/h4-5,8H,2-3,6-7H2,1H3,(H,17,18)(H2,15,16,19). The van der Waals surface area contributed by atoms with Crippen LogP contribution in [-0.4, -0.2) is 35.7 Å². The predicted molar refractivity (Wildman–Crippen MR) is 85.7 cm³/mol. The molecule has 2 amide bonds. The molecule has 0 atom stereocenters. The van der Waals surface area contributed by atoms with Crippen molar-refractivity contribution in [2.24, 2.45) is 0 Å². The quantitative estimate of drug-likeness (QED) is 0.651. The van der Waals surface area contributed by atoms with Gasteiger partial charge in [-0.3, -0.25) is 0 Å². The first-order valence-electron chi connectivity index (χ1n) is 6.11. The molecule has 1 rings (SSSR count). The number of carbonyl (C=O) groups excluding carboxylic acids is 1. The highest BCUT2D eigenvalue weighted by Crippen LogP contribution is 2.23. The Hall–Kier alpha value is -1.21. The van der Waals surface area contributed by atoms with Crippen LogP contribution in [0.3, 0.4) is 0 Å². The van der Waals surface area contributed by atoms with Gasteiger partial charge in [0, 0.05) is 11.0 Å². The first kappa shape index (κ1) is 16.8. The normalized spacial score (nSPS) is 10.1. The lowest BCUT2D eigenvalue weighted by molar-refractivity contribution is 0.0697. The van der Waals surface area contributed by atoms with E-state index in [2.05, 4.69) is 32.8 Å². The summed E-state index contributed by atoms with van der Waals surface area (Å²) in [6.07, 6.45) is 4.06. The van der Waals surface area contributed by atoms with E-state index in [1.165, 1.54) is 12.1 Å². The molecule has 0 aromatic heterocycles. The number of hydrogen-bond donors (Lipinski definition) is 3. The van der Waals surface area contributed by atoms with Crippen molar-refractivity contribution < 1.29 is 14.7 Å². The van der Waals surface area contributed by atoms with Crippen molar-refractivity contribution in [1.29, 1.82) is 0 Å². The largest absolute Gasteiger partial charge is 0.478 e. The molecule has 7 heteroatoms. The van der Waals surface area contributed by atoms with Crippen LogP contribution in [0.2, 0.25) is 0 Å². The van der Waals surface area contributed by atoms with Crippen molar-refractivity contribution in [2.75, 3.05) is 23.9 Å². The molecule has 0 unspecified atom stereocenters. The number of carbonyl (C=O) groups is 2. The van der Waals surface area contributed by atoms with Gasteiger partial charge in [-0.1, -0.05) is 0 Å². The van der Waals surface area contributed by atoms with Gasteiger partial charge in [-0.2, -0.15) is 11.8 Å². The van der Waals surface area contributed by atoms with Crippen molar-refractivity contribution in [3.05, 3.63) is 28.2 Å². The summed E-state index contributed by atoms with van der Waals surface area (Å²) in [4.78, 5) is 22.4. The zero-order valence-electron chi connectivity index (χ0n) is 11.1. The fourth-order valence-corrected chi connectivity index (χ4v) is 2.46. The van der Waals surface area contributed by atoms with Crippen LogP contribution in [0.5, 0.6) is 0 Å². The molecule has 1 aromatic rings. The first-order valence-corrected chi connectivity index (χ1v) is 8.30. The molecule has 0 heterocycles. The summed E-state index contributed by atoms with van der Waals surface area (Å²) in [5.41, 5.74) is 0.705. The molecule has 0 saturated carbocycles. The Kier molecular flexibility index (Phi) is 7.46. The first-order chi connectivity index (χ1) is 9.54. The molecule has 0 aliphatic rings. The van der Waals surface area contributed by atoms with Crippen molar-refractivity contribution in [1.82, 2.24) is 5.32 Å². The zero-order chi connectivity index (χ0) is 15.0. The fraction of sp³-hybridized carbons (Fsp3) is 0.385. The fourth-order valence-electron chi connectivity index (χ4n) is 1.49. The Balaban J connectivity index is 2.44. The maximum absolute atomic E-state index is 11.7. The van der Waals surface area contributed by atoms with Crippen LogP contribution in [0.15, 0.2) is 22.7 Å². The number of carboxylic acids is 1. The highest BCUT2D eigenvalue weighted by molar-refractivity contribution is 9.10. The van der Waals surface area contributed by atoms with E-state index in [-0.39, 0.29) is 11.6 Å². The van der Waals surface area contributed by atoms with E-state index in [1.54, 1.807) is 17.8 Å². The van der Waals surface area contributed by atoms with Crippen LogP contribution in [0.25, 0.3) is 0 Å². The number of unbranched alkanes of at least 4 members (excludes halogenated alkanes) is 1. The van der Waals surface area contributed by atoms with Gasteiger partial charge in [-0.05, 0) is 59.0 Å². The average molecular weight is 361 g/mol. The number of hydrogen-bond acceptors (Lipinski definition) is 3. The van der Waals surface area contributed by atoms with Crippen LogP contribution in [-0.2, 0) is 0 Å². The van der Waals surface area contributed by atoms with Crippen LogP contribution < -0.4 is 10.6 Å². The number of nitrogens with one attached hydrogen (secondary N) is 2. The van der Waals surface area contributed by atoms with Crippen molar-refractivity contribution >= 4 is 45.4 Å². The molecule has 0 saturated heterocycles. The Morgan fingerprint density at radius 1 is 1.35 bits per heavy atom. The van der Waals surface area contributed by atoms with Crippen LogP contribution in [0.4, 0.5) is 10.5 Å². The van der Waals surface area contributed by atoms with Crippen molar-refractivity contribution in [3.63, 3.8) is 0 Å². The highest BCUT2D eigenvalue weighted by atomic mass is 79.9. The minimum atomic E-state index is -1.00. The molecule has 0 radical (unpaired) electrons. The van der Waals surface area contributed by atoms with E-state index in [4.69, 9.17) is 5.11 Å². The molecule has 0 aliphatic heterocycles. The Bertz CT molecular complexity index is 483. The number of aromatic carboxylic acids is 1. The number of thioether (sulfide) groups is 1. The van der Waals surface area contributed by atoms with E-state index in [9.17, 15) is 9.59 Å². The van der Waals surface area contributed by atoms with E-state index < -0.39 is 5.97 Å². The molecule has 0 aliphatic carbocycles. The molecular weight excluding hydrogens is 344 g/mol. The van der Waals surface area contributed by atoms with Gasteiger partial charge in [0.25, 0.3) is 0 Å². The maximum Gasteiger partial charge on any atom is 0.335 e. The number of halogens is 1. The molecule has 0 spiro atoms. The van der Waals surface area contributed by atoms with E-state index in [0.717, 1.165) is 18.6 Å². The summed E-state index contributed by atoms with van der Waals surface area (Å²) in [6.45, 7) is 0.622. The lowest BCUT2D eigenvalue weighted by Gasteiger charge is -2.09. The van der Waals surface area contributed by atoms with Gasteiger partial charge in [-0.25, -0.2) is 9.59 Å². The van der Waals surface area contributed by atoms with Gasteiger partial charge in [-0.15, -0.1) is 0 Å². The Labute approximate surface area is 130 Å². The van der Waals surface area contributed by atoms with E-state index >= 15 is 0 Å². The number of carboxylic acid groups (broad SMARTS) is 1. The number of anilines is 1. The SMILES string of the molecule is CSCCCCNC(=O)Nc1ccc(C(=O)O)cc1Br. The van der Waals surface area contributed by atoms with Crippen LogP contribution in [0.1, 0.15) is 23.2 Å². The monoisotopic (exact) mass is 360 g/mol. The number of urea groups is 1. The molecule has 1 aromatic carbocycles. The minimum Gasteiger partial charge on any atom is -0.478 e. The third-order valence-electron chi connectivity index (χ3n) is 2.53. The molecule has 0 fully saturated rings. The second kappa shape index (κ2) is 8.86. The van der Waals surface area contributed by atoms with Crippen molar-refractivity contribution in [3.8, 4) is 0 Å². The number of amides is 2. The van der Waals surface area contributed by atoms with E-state index in [1.807, 2.05) is 0 Å². The van der Waals surface area contributed by atoms with Gasteiger partial charge >= 0.3 is 12.0 Å². The third-order valence-corrected chi connectivity index (χ3v) is 3.88. The molecule has 5 nitrogen and oxygen atoms in total. The van der Waals surface area contributed by atoms with Gasteiger partial charge in [0.05, 0.1) is 11.3 Å². The second-order valence-corrected chi connectivity index (χ2v) is 5.92. The summed E-state index contributed by atoms with van der Waals surface area (Å²) in [6, 6.07) is 4.16. The summed E-state index contributed by atoms with van der Waals surface area (Å²) >= 11 is 5.02. The summed E-state index contributed by atoms with van der Waals surface area (Å²) in [7, 11) is 0. The molecular formula is C13H17BrN2O3S. The predicted octanol–water partition coefficient (Wildman–Crippen LogP) is 3.41. The van der Waals surface area contributed by atoms with Gasteiger partial charge in [0.2, 0.25) is 0 Å². The number of benzene rings is 1. The molecule has 110 valence electrons. The lowest BCUT2D eigenvalue weighted by atomic mass is 10.2. The van der Waals surface area contributed by atoms with E-state index in [0.29, 0.717) is 16.7 Å². The lowest BCUT2D eigenvalue weighted by Crippen LogP contribution is -2.29. The van der Waals surface area contributed by atoms with Gasteiger partial charge in [0.15, 0.2) is 0 Å². The summed E-state index contributed by atoms with van der Waals surface area (Å²) < 4.78 is 0.537. The Morgan fingerprint density at radius 2 is 2.10 bits per heavy atom. The van der Waals surface area contributed by atoms with Crippen LogP contribution >= 0.6 is 27.7 Å². The van der Waals surface area contributed by atoms with Gasteiger partial charge < -0.3 is 15.7 Å². The molecule has 20 heavy (non-hydrogen) atoms. The second-order valence-electron chi connectivity index (χ2n) is 4.08. The number of rotatable bonds is 7. The third kappa shape index (κ3) is 5.83. The average Bonchev–Trinajstić information content (AvgIpc) is 2.40. The summed E-state index contributed by atoms with van der Waals surface area (Å²) in [5, 5.41) is 14.3. The zero-order valence-corrected chi connectivity index (χ0v) is 13.5. The van der Waals surface area contributed by atoms with Crippen molar-refractivity contribution in [2.45, 2.75) is 12.8 Å². The van der Waals surface area contributed by atoms with Gasteiger partial charge in [0.1, 0.15) is 0 Å². The minimum absolute atomic E-state index is 0.167. The smallest absolute Gasteiger partial charge is 0.335 e. The summed E-state index contributed by atoms with van der Waals surface area (Å²) in [5.74, 6) is 0.0846. The molecule has 3 N–H and O–H groups in total. The maximum atomic E-state index is 11.7. The topological polar surface area (TPSA) is 78.4 Å². The molecule has 0 bridgehead atoms.